The van der Waals surface area contributed by atoms with Crippen molar-refractivity contribution < 1.29 is 29.0 Å². The van der Waals surface area contributed by atoms with E-state index in [9.17, 15) is 19.5 Å². The molecule has 2 fully saturated rings. The van der Waals surface area contributed by atoms with Gasteiger partial charge in [-0.1, -0.05) is 48.5 Å². The summed E-state index contributed by atoms with van der Waals surface area (Å²) in [6.07, 6.45) is 1.56. The normalized spacial score (nSPS) is 24.6. The second kappa shape index (κ2) is 9.34. The number of rotatable bonds is 9. The molecule has 3 N–H and O–H groups in total. The van der Waals surface area contributed by atoms with Crippen molar-refractivity contribution in [1.82, 2.24) is 10.6 Å². The van der Waals surface area contributed by atoms with Crippen LogP contribution in [0.4, 0.5) is 4.79 Å². The fraction of sp³-hybridized carbons (Fsp3) is 0.444. The number of benzene rings is 2. The fourth-order valence-corrected chi connectivity index (χ4v) is 5.64. The summed E-state index contributed by atoms with van der Waals surface area (Å²) >= 11 is 0. The van der Waals surface area contributed by atoms with Crippen LogP contribution >= 0.6 is 0 Å². The van der Waals surface area contributed by atoms with E-state index in [4.69, 9.17) is 9.47 Å². The summed E-state index contributed by atoms with van der Waals surface area (Å²) < 4.78 is 11.1. The molecule has 2 unspecified atom stereocenters. The molecule has 2 amide bonds. The average molecular weight is 479 g/mol. The Bertz CT molecular complexity index is 1100. The molecule has 8 nitrogen and oxygen atoms in total. The Morgan fingerprint density at radius 1 is 1.03 bits per heavy atom. The van der Waals surface area contributed by atoms with E-state index in [1.165, 1.54) is 0 Å². The first kappa shape index (κ1) is 23.4. The number of hydrogen-bond acceptors (Lipinski definition) is 5. The van der Waals surface area contributed by atoms with E-state index >= 15 is 0 Å². The zero-order chi connectivity index (χ0) is 24.6. The number of aliphatic carboxylic acids is 1. The van der Waals surface area contributed by atoms with Crippen LogP contribution in [0.5, 0.6) is 0 Å². The molecule has 184 valence electrons. The molecule has 1 spiro atoms. The standard InChI is InChI=1S/C27H30N2O6/c1-2-34-16-12-27(13-16)14-23(27)29-25(32)22(11-24(30)31)28-26(33)35-15-21-19-9-5-3-7-17(19)18-8-4-6-10-20(18)21/h3-10,16,21-23H,2,11-15H2,1H3,(H,28,33)(H,29,32)(H,30,31). The molecule has 2 saturated carbocycles. The molecule has 0 saturated heterocycles. The largest absolute Gasteiger partial charge is 0.481 e. The number of nitrogens with one attached hydrogen (secondary N) is 2. The van der Waals surface area contributed by atoms with Crippen molar-refractivity contribution >= 4 is 18.0 Å². The van der Waals surface area contributed by atoms with Gasteiger partial charge in [0, 0.05) is 18.6 Å². The highest BCUT2D eigenvalue weighted by Crippen LogP contribution is 2.61. The number of amides is 2. The number of ether oxygens (including phenoxy) is 2. The summed E-state index contributed by atoms with van der Waals surface area (Å²) in [5.74, 6) is -1.79. The van der Waals surface area contributed by atoms with Crippen LogP contribution in [-0.4, -0.2) is 54.5 Å². The second-order valence-electron chi connectivity index (χ2n) is 9.73. The van der Waals surface area contributed by atoms with Crippen molar-refractivity contribution in [2.24, 2.45) is 5.41 Å². The monoisotopic (exact) mass is 478 g/mol. The summed E-state index contributed by atoms with van der Waals surface area (Å²) in [6, 6.07) is 14.8. The van der Waals surface area contributed by atoms with E-state index in [0.29, 0.717) is 6.61 Å². The number of alkyl carbamates (subject to hydrolysis) is 1. The number of carboxylic acids is 1. The number of fused-ring (bicyclic) bond motifs is 3. The van der Waals surface area contributed by atoms with E-state index in [1.807, 2.05) is 55.5 Å². The lowest BCUT2D eigenvalue weighted by Crippen LogP contribution is -2.50. The van der Waals surface area contributed by atoms with Crippen LogP contribution in [0, 0.1) is 5.41 Å². The Kier molecular flexibility index (Phi) is 6.23. The van der Waals surface area contributed by atoms with E-state index in [0.717, 1.165) is 41.5 Å². The molecule has 35 heavy (non-hydrogen) atoms. The molecule has 2 aromatic rings. The van der Waals surface area contributed by atoms with Gasteiger partial charge in [0.15, 0.2) is 0 Å². The molecule has 0 aromatic heterocycles. The lowest BCUT2D eigenvalue weighted by Gasteiger charge is -2.36. The minimum absolute atomic E-state index is 0.00712. The van der Waals surface area contributed by atoms with Crippen LogP contribution in [0.15, 0.2) is 48.5 Å². The maximum Gasteiger partial charge on any atom is 0.407 e. The third-order valence-corrected chi connectivity index (χ3v) is 7.51. The Labute approximate surface area is 204 Å². The molecule has 0 aliphatic heterocycles. The van der Waals surface area contributed by atoms with Gasteiger partial charge in [0.2, 0.25) is 5.91 Å². The molecule has 0 radical (unpaired) electrons. The van der Waals surface area contributed by atoms with Crippen molar-refractivity contribution in [2.45, 2.75) is 56.7 Å². The number of hydrogen-bond donors (Lipinski definition) is 3. The predicted molar refractivity (Wildman–Crippen MR) is 128 cm³/mol. The first-order valence-corrected chi connectivity index (χ1v) is 12.2. The highest BCUT2D eigenvalue weighted by molar-refractivity contribution is 5.89. The summed E-state index contributed by atoms with van der Waals surface area (Å²) in [6.45, 7) is 2.72. The van der Waals surface area contributed by atoms with Crippen molar-refractivity contribution in [3.8, 4) is 11.1 Å². The Morgan fingerprint density at radius 2 is 1.66 bits per heavy atom. The Hall–Kier alpha value is -3.39. The minimum atomic E-state index is -1.21. The lowest BCUT2D eigenvalue weighted by atomic mass is 9.78. The van der Waals surface area contributed by atoms with Crippen molar-refractivity contribution in [3.63, 3.8) is 0 Å². The zero-order valence-electron chi connectivity index (χ0n) is 19.7. The second-order valence-corrected chi connectivity index (χ2v) is 9.73. The maximum atomic E-state index is 12.8. The van der Waals surface area contributed by atoms with Crippen LogP contribution < -0.4 is 10.6 Å². The van der Waals surface area contributed by atoms with Crippen molar-refractivity contribution in [2.75, 3.05) is 13.2 Å². The van der Waals surface area contributed by atoms with Crippen LogP contribution in [0.2, 0.25) is 0 Å². The third-order valence-electron chi connectivity index (χ3n) is 7.51. The highest BCUT2D eigenvalue weighted by atomic mass is 16.5. The van der Waals surface area contributed by atoms with E-state index in [-0.39, 0.29) is 30.1 Å². The molecule has 0 bridgehead atoms. The van der Waals surface area contributed by atoms with Crippen LogP contribution in [0.25, 0.3) is 11.1 Å². The summed E-state index contributed by atoms with van der Waals surface area (Å²) in [5.41, 5.74) is 4.44. The molecule has 0 heterocycles. The Balaban J connectivity index is 1.18. The first-order chi connectivity index (χ1) is 16.9. The molecule has 8 heteroatoms. The summed E-state index contributed by atoms with van der Waals surface area (Å²) in [7, 11) is 0. The topological polar surface area (TPSA) is 114 Å². The van der Waals surface area contributed by atoms with E-state index in [1.54, 1.807) is 0 Å². The van der Waals surface area contributed by atoms with Crippen LogP contribution in [-0.2, 0) is 19.1 Å². The van der Waals surface area contributed by atoms with Gasteiger partial charge >= 0.3 is 12.1 Å². The smallest absolute Gasteiger partial charge is 0.407 e. The van der Waals surface area contributed by atoms with Crippen molar-refractivity contribution in [3.05, 3.63) is 59.7 Å². The van der Waals surface area contributed by atoms with Gasteiger partial charge in [-0.2, -0.15) is 0 Å². The minimum Gasteiger partial charge on any atom is -0.481 e. The van der Waals surface area contributed by atoms with Crippen LogP contribution in [0.3, 0.4) is 0 Å². The SMILES string of the molecule is CCOC1CC2(C1)CC2NC(=O)C(CC(=O)O)NC(=O)OCC1c2ccccc2-c2ccccc21. The number of carboxylic acid groups (broad SMARTS) is 1. The van der Waals surface area contributed by atoms with Gasteiger partial charge in [0.05, 0.1) is 12.5 Å². The van der Waals surface area contributed by atoms with Crippen molar-refractivity contribution in [1.29, 1.82) is 0 Å². The number of carbonyl (C=O) groups excluding carboxylic acids is 2. The van der Waals surface area contributed by atoms with E-state index in [2.05, 4.69) is 10.6 Å². The van der Waals surface area contributed by atoms with E-state index < -0.39 is 30.4 Å². The molecule has 2 atom stereocenters. The lowest BCUT2D eigenvalue weighted by molar-refractivity contribution is -0.140. The van der Waals surface area contributed by atoms with Crippen LogP contribution in [0.1, 0.15) is 49.7 Å². The highest BCUT2D eigenvalue weighted by Gasteiger charge is 2.62. The molecule has 5 rings (SSSR count). The average Bonchev–Trinajstić information content (AvgIpc) is 3.42. The molecule has 3 aliphatic rings. The van der Waals surface area contributed by atoms with Gasteiger partial charge in [-0.25, -0.2) is 4.79 Å². The fourth-order valence-electron chi connectivity index (χ4n) is 5.64. The number of carbonyl (C=O) groups is 3. The van der Waals surface area contributed by atoms with Gasteiger partial charge in [0.1, 0.15) is 12.6 Å². The van der Waals surface area contributed by atoms with Gasteiger partial charge in [-0.3, -0.25) is 9.59 Å². The predicted octanol–water partition coefficient (Wildman–Crippen LogP) is 3.44. The zero-order valence-corrected chi connectivity index (χ0v) is 19.7. The molecular formula is C27H30N2O6. The van der Waals surface area contributed by atoms with Gasteiger partial charge < -0.3 is 25.2 Å². The van der Waals surface area contributed by atoms with Gasteiger partial charge in [-0.15, -0.1) is 0 Å². The van der Waals surface area contributed by atoms with Gasteiger partial charge in [-0.05, 0) is 53.9 Å². The molecule has 2 aromatic carbocycles. The quantitative estimate of drug-likeness (QED) is 0.509. The molecule has 3 aliphatic carbocycles. The summed E-state index contributed by atoms with van der Waals surface area (Å²) in [5, 5.41) is 14.7. The first-order valence-electron chi connectivity index (χ1n) is 12.2. The third kappa shape index (κ3) is 4.62. The van der Waals surface area contributed by atoms with Gasteiger partial charge in [0.25, 0.3) is 0 Å². The molecular weight excluding hydrogens is 448 g/mol. The maximum absolute atomic E-state index is 12.8. The Morgan fingerprint density at radius 3 is 2.26 bits per heavy atom. The summed E-state index contributed by atoms with van der Waals surface area (Å²) in [4.78, 5) is 36.8.